The van der Waals surface area contributed by atoms with Gasteiger partial charge >= 0.3 is 0 Å². The van der Waals surface area contributed by atoms with Crippen molar-refractivity contribution in [2.75, 3.05) is 6.26 Å². The van der Waals surface area contributed by atoms with Gasteiger partial charge in [-0.3, -0.25) is 0 Å². The second-order valence-corrected chi connectivity index (χ2v) is 13.1. The molecular formula is C23H22N4O7S3. The fourth-order valence-corrected chi connectivity index (χ4v) is 5.92. The van der Waals surface area contributed by atoms with Crippen LogP contribution in [0.3, 0.4) is 0 Å². The summed E-state index contributed by atoms with van der Waals surface area (Å²) in [6.45, 7) is 4.94. The van der Waals surface area contributed by atoms with Crippen LogP contribution in [-0.4, -0.2) is 46.7 Å². The van der Waals surface area contributed by atoms with E-state index < -0.39 is 36.8 Å². The molecule has 1 aliphatic carbocycles. The number of aromatic nitrogens is 2. The highest BCUT2D eigenvalue weighted by Crippen LogP contribution is 2.37. The Bertz CT molecular complexity index is 1770. The normalized spacial score (nSPS) is 17.3. The van der Waals surface area contributed by atoms with Crippen LogP contribution >= 0.6 is 0 Å². The topological polar surface area (TPSA) is 168 Å². The molecule has 3 aromatic rings. The Labute approximate surface area is 215 Å². The van der Waals surface area contributed by atoms with Crippen molar-refractivity contribution in [1.29, 1.82) is 0 Å². The number of rotatable bonds is 7. The summed E-state index contributed by atoms with van der Waals surface area (Å²) < 4.78 is 70.7. The highest BCUT2D eigenvalue weighted by molar-refractivity contribution is 7.98. The Kier molecular flexibility index (Phi) is 7.03. The second-order valence-electron chi connectivity index (χ2n) is 8.23. The zero-order chi connectivity index (χ0) is 27.1. The summed E-state index contributed by atoms with van der Waals surface area (Å²) in [6, 6.07) is 6.68. The van der Waals surface area contributed by atoms with E-state index in [4.69, 9.17) is 0 Å². The molecule has 1 aliphatic rings. The number of hydrogen-bond acceptors (Lipinski definition) is 9. The van der Waals surface area contributed by atoms with Gasteiger partial charge in [0, 0.05) is 17.1 Å². The average molecular weight is 563 g/mol. The van der Waals surface area contributed by atoms with Gasteiger partial charge in [-0.2, -0.15) is 10.2 Å². The molecule has 2 atom stereocenters. The minimum atomic E-state index is -3.64. The fourth-order valence-electron chi connectivity index (χ4n) is 3.78. The number of aryl methyl sites for hydroxylation is 1. The molecule has 4 rings (SSSR count). The molecule has 0 bridgehead atoms. The van der Waals surface area contributed by atoms with Crippen LogP contribution in [0.1, 0.15) is 18.2 Å². The average Bonchev–Trinajstić information content (AvgIpc) is 3.14. The van der Waals surface area contributed by atoms with Gasteiger partial charge in [0.1, 0.15) is 0 Å². The van der Waals surface area contributed by atoms with E-state index in [1.807, 2.05) is 0 Å². The molecule has 37 heavy (non-hydrogen) atoms. The Morgan fingerprint density at radius 2 is 1.92 bits per heavy atom. The summed E-state index contributed by atoms with van der Waals surface area (Å²) in [6.07, 6.45) is 5.82. The molecule has 0 saturated heterocycles. The van der Waals surface area contributed by atoms with E-state index in [1.165, 1.54) is 41.1 Å². The largest absolute Gasteiger partial charge is 0.492 e. The zero-order valence-corrected chi connectivity index (χ0v) is 22.1. The number of aromatic hydroxyl groups is 1. The van der Waals surface area contributed by atoms with Crippen molar-refractivity contribution in [1.82, 2.24) is 9.78 Å². The van der Waals surface area contributed by atoms with Crippen molar-refractivity contribution in [3.63, 3.8) is 0 Å². The van der Waals surface area contributed by atoms with E-state index in [2.05, 4.69) is 21.9 Å². The highest BCUT2D eigenvalue weighted by Gasteiger charge is 2.23. The van der Waals surface area contributed by atoms with Gasteiger partial charge in [-0.15, -0.1) is 5.11 Å². The minimum absolute atomic E-state index is 0.0465. The number of hydrogen-bond donors (Lipinski definition) is 2. The standard InChI is InChI=1S/C23H22N4O7S3/c1-4-37(33,34)18-8-6-17(7-9-18)27-23(28)22(14(2)26-27)25-24-16-5-10-20-15(11-16)12-19(36(3,31)32)13-21(20)35(29)30/h4-6,8-13,17,28H,1,7H2,2-3H3,(H,29,30)/b25-24+. The minimum Gasteiger partial charge on any atom is -0.492 e. The molecule has 14 heteroatoms. The molecule has 2 aromatic carbocycles. The zero-order valence-electron chi connectivity index (χ0n) is 19.6. The van der Waals surface area contributed by atoms with Crippen LogP contribution in [-0.2, 0) is 30.8 Å². The predicted molar refractivity (Wildman–Crippen MR) is 139 cm³/mol. The second kappa shape index (κ2) is 9.78. The van der Waals surface area contributed by atoms with E-state index in [-0.39, 0.29) is 32.7 Å². The molecule has 0 amide bonds. The monoisotopic (exact) mass is 562 g/mol. The first-order valence-corrected chi connectivity index (χ1v) is 15.2. The number of benzene rings is 2. The molecule has 0 saturated carbocycles. The number of azo groups is 1. The van der Waals surface area contributed by atoms with Gasteiger partial charge in [0.2, 0.25) is 5.88 Å². The van der Waals surface area contributed by atoms with Crippen molar-refractivity contribution >= 4 is 52.9 Å². The molecule has 2 N–H and O–H groups in total. The molecule has 194 valence electrons. The Morgan fingerprint density at radius 3 is 2.51 bits per heavy atom. The van der Waals surface area contributed by atoms with Crippen molar-refractivity contribution in [3.8, 4) is 5.88 Å². The molecule has 11 nitrogen and oxygen atoms in total. The van der Waals surface area contributed by atoms with Crippen LogP contribution < -0.4 is 0 Å². The SMILES string of the molecule is C=CS(=O)(=O)C1=CCC(n2nc(C)c(/N=N/c3ccc4c(S(=O)O)cc(S(C)(=O)=O)cc4c3)c2O)C=C1. The third-order valence-corrected chi connectivity index (χ3v) is 8.89. The van der Waals surface area contributed by atoms with Crippen LogP contribution in [0.25, 0.3) is 10.8 Å². The molecule has 0 fully saturated rings. The van der Waals surface area contributed by atoms with Gasteiger partial charge in [0.15, 0.2) is 36.4 Å². The van der Waals surface area contributed by atoms with Crippen LogP contribution in [0.2, 0.25) is 0 Å². The lowest BCUT2D eigenvalue weighted by atomic mass is 10.1. The van der Waals surface area contributed by atoms with Gasteiger partial charge in [-0.1, -0.05) is 24.8 Å². The van der Waals surface area contributed by atoms with Gasteiger partial charge in [0.25, 0.3) is 0 Å². The number of fused-ring (bicyclic) bond motifs is 1. The predicted octanol–water partition coefficient (Wildman–Crippen LogP) is 4.39. The van der Waals surface area contributed by atoms with Crippen molar-refractivity contribution in [2.45, 2.75) is 29.2 Å². The van der Waals surface area contributed by atoms with E-state index >= 15 is 0 Å². The lowest BCUT2D eigenvalue weighted by molar-refractivity contribution is 0.381. The summed E-state index contributed by atoms with van der Waals surface area (Å²) in [5.41, 5.74) is 0.782. The molecule has 0 radical (unpaired) electrons. The van der Waals surface area contributed by atoms with Gasteiger partial charge in [-0.25, -0.2) is 25.7 Å². The lowest BCUT2D eigenvalue weighted by Crippen LogP contribution is -2.11. The Balaban J connectivity index is 1.67. The molecular weight excluding hydrogens is 540 g/mol. The number of allylic oxidation sites excluding steroid dienone is 3. The smallest absolute Gasteiger partial charge is 0.238 e. The van der Waals surface area contributed by atoms with Gasteiger partial charge < -0.3 is 9.66 Å². The number of nitrogens with zero attached hydrogens (tertiary/aromatic N) is 4. The maximum atomic E-state index is 12.0. The fraction of sp³-hybridized carbons (Fsp3) is 0.174. The van der Waals surface area contributed by atoms with Crippen molar-refractivity contribution < 1.29 is 30.7 Å². The lowest BCUT2D eigenvalue weighted by Gasteiger charge is -2.16. The van der Waals surface area contributed by atoms with E-state index in [0.29, 0.717) is 22.2 Å². The van der Waals surface area contributed by atoms with Crippen LogP contribution in [0.15, 0.2) is 85.5 Å². The summed E-state index contributed by atoms with van der Waals surface area (Å²) in [5, 5.41) is 24.9. The Hall–Kier alpha value is -3.46. The Morgan fingerprint density at radius 1 is 1.19 bits per heavy atom. The molecule has 1 aromatic heterocycles. The molecule has 0 aliphatic heterocycles. The van der Waals surface area contributed by atoms with Crippen molar-refractivity contribution in [3.05, 3.63) is 71.1 Å². The molecule has 0 spiro atoms. The van der Waals surface area contributed by atoms with Crippen LogP contribution in [0.5, 0.6) is 5.88 Å². The summed E-state index contributed by atoms with van der Waals surface area (Å²) in [7, 11) is -7.21. The number of sulfone groups is 2. The van der Waals surface area contributed by atoms with Gasteiger partial charge in [-0.05, 0) is 49.1 Å². The summed E-state index contributed by atoms with van der Waals surface area (Å²) in [4.78, 5) is -0.0414. The third kappa shape index (κ3) is 5.32. The first kappa shape index (κ1) is 26.6. The van der Waals surface area contributed by atoms with Crippen LogP contribution in [0, 0.1) is 6.92 Å². The maximum absolute atomic E-state index is 12.0. The summed E-state index contributed by atoms with van der Waals surface area (Å²) >= 11 is -2.41. The maximum Gasteiger partial charge on any atom is 0.238 e. The van der Waals surface area contributed by atoms with E-state index in [9.17, 15) is 30.7 Å². The van der Waals surface area contributed by atoms with E-state index in [1.54, 1.807) is 13.0 Å². The van der Waals surface area contributed by atoms with Crippen molar-refractivity contribution in [2.24, 2.45) is 10.2 Å². The first-order valence-electron chi connectivity index (χ1n) is 10.7. The molecule has 2 unspecified atom stereocenters. The third-order valence-electron chi connectivity index (χ3n) is 5.69. The quantitative estimate of drug-likeness (QED) is 0.315. The summed E-state index contributed by atoms with van der Waals surface area (Å²) in [5.74, 6) is -0.266. The highest BCUT2D eigenvalue weighted by atomic mass is 32.2. The molecule has 1 heterocycles. The van der Waals surface area contributed by atoms with Gasteiger partial charge in [0.05, 0.1) is 32.1 Å². The van der Waals surface area contributed by atoms with E-state index in [0.717, 1.165) is 17.7 Å². The first-order chi connectivity index (χ1) is 17.3. The van der Waals surface area contributed by atoms with Crippen LogP contribution in [0.4, 0.5) is 11.4 Å².